The number of benzene rings is 1. The zero-order valence-electron chi connectivity index (χ0n) is 12.6. The van der Waals surface area contributed by atoms with E-state index in [-0.39, 0.29) is 17.6 Å². The maximum atomic E-state index is 12.8. The third kappa shape index (κ3) is 3.77. The molecule has 3 unspecified atom stereocenters. The van der Waals surface area contributed by atoms with Crippen molar-refractivity contribution in [3.05, 3.63) is 35.9 Å². The molecule has 2 rings (SSSR count). The van der Waals surface area contributed by atoms with E-state index in [0.29, 0.717) is 5.56 Å². The summed E-state index contributed by atoms with van der Waals surface area (Å²) in [5.41, 5.74) is 0.513. The number of ether oxygens (including phenoxy) is 1. The second-order valence-electron chi connectivity index (χ2n) is 6.28. The first kappa shape index (κ1) is 16.3. The summed E-state index contributed by atoms with van der Waals surface area (Å²) >= 11 is 0. The Balaban J connectivity index is 2.11. The summed E-state index contributed by atoms with van der Waals surface area (Å²) in [4.78, 5) is 0. The quantitative estimate of drug-likeness (QED) is 0.884. The second kappa shape index (κ2) is 5.97. The van der Waals surface area contributed by atoms with E-state index in [0.717, 1.165) is 6.42 Å². The monoisotopic (exact) mass is 301 g/mol. The Morgan fingerprint density at radius 3 is 2.38 bits per heavy atom. The van der Waals surface area contributed by atoms with Crippen LogP contribution in [0, 0.1) is 5.41 Å². The van der Waals surface area contributed by atoms with Crippen molar-refractivity contribution in [1.29, 1.82) is 0 Å². The number of methoxy groups -OCH3 is 1. The van der Waals surface area contributed by atoms with Crippen LogP contribution in [0.2, 0.25) is 0 Å². The topological polar surface area (TPSA) is 21.3 Å². The number of halogens is 3. The molecule has 0 heterocycles. The van der Waals surface area contributed by atoms with Gasteiger partial charge in [0.25, 0.3) is 0 Å². The number of hydrogen-bond donors (Lipinski definition) is 1. The summed E-state index contributed by atoms with van der Waals surface area (Å²) in [5, 5.41) is 3.18. The first-order chi connectivity index (χ1) is 9.74. The van der Waals surface area contributed by atoms with Crippen LogP contribution in [0.5, 0.6) is 0 Å². The van der Waals surface area contributed by atoms with Gasteiger partial charge in [0.15, 0.2) is 0 Å². The molecule has 0 bridgehead atoms. The number of nitrogens with one attached hydrogen (secondary N) is 1. The normalized spacial score (nSPS) is 26.2. The molecule has 5 heteroatoms. The van der Waals surface area contributed by atoms with Crippen molar-refractivity contribution in [1.82, 2.24) is 5.32 Å². The smallest absolute Gasteiger partial charge is 0.381 e. The van der Waals surface area contributed by atoms with Gasteiger partial charge in [-0.25, -0.2) is 0 Å². The maximum absolute atomic E-state index is 12.8. The van der Waals surface area contributed by atoms with Crippen LogP contribution in [-0.4, -0.2) is 25.4 Å². The van der Waals surface area contributed by atoms with Crippen LogP contribution in [0.3, 0.4) is 0 Å². The van der Waals surface area contributed by atoms with Gasteiger partial charge in [-0.2, -0.15) is 13.2 Å². The molecule has 21 heavy (non-hydrogen) atoms. The molecule has 0 amide bonds. The Hall–Kier alpha value is -1.07. The highest BCUT2D eigenvalue weighted by atomic mass is 19.4. The van der Waals surface area contributed by atoms with Crippen molar-refractivity contribution >= 4 is 0 Å². The van der Waals surface area contributed by atoms with Gasteiger partial charge < -0.3 is 10.1 Å². The number of alkyl halides is 3. The van der Waals surface area contributed by atoms with Crippen molar-refractivity contribution in [3.63, 3.8) is 0 Å². The van der Waals surface area contributed by atoms with Gasteiger partial charge in [-0.1, -0.05) is 44.2 Å². The third-order valence-corrected chi connectivity index (χ3v) is 4.50. The van der Waals surface area contributed by atoms with E-state index < -0.39 is 18.6 Å². The summed E-state index contributed by atoms with van der Waals surface area (Å²) in [5.74, 6) is 0. The summed E-state index contributed by atoms with van der Waals surface area (Å²) < 4.78 is 43.9. The van der Waals surface area contributed by atoms with Crippen LogP contribution in [0.4, 0.5) is 13.2 Å². The molecule has 1 aliphatic rings. The Kier molecular flexibility index (Phi) is 4.63. The fraction of sp³-hybridized carbons (Fsp3) is 0.625. The van der Waals surface area contributed by atoms with Gasteiger partial charge in [-0.05, 0) is 12.0 Å². The summed E-state index contributed by atoms with van der Waals surface area (Å²) in [6.07, 6.45) is -4.22. The molecule has 0 radical (unpaired) electrons. The van der Waals surface area contributed by atoms with E-state index in [9.17, 15) is 13.2 Å². The van der Waals surface area contributed by atoms with Crippen molar-refractivity contribution in [2.24, 2.45) is 5.41 Å². The van der Waals surface area contributed by atoms with Gasteiger partial charge in [-0.3, -0.25) is 0 Å². The average Bonchev–Trinajstić information content (AvgIpc) is 2.41. The zero-order valence-corrected chi connectivity index (χ0v) is 12.6. The van der Waals surface area contributed by atoms with Crippen molar-refractivity contribution < 1.29 is 17.9 Å². The predicted molar refractivity (Wildman–Crippen MR) is 76.0 cm³/mol. The Morgan fingerprint density at radius 2 is 1.90 bits per heavy atom. The van der Waals surface area contributed by atoms with Gasteiger partial charge in [-0.15, -0.1) is 0 Å². The van der Waals surface area contributed by atoms with Gasteiger partial charge in [0.1, 0.15) is 0 Å². The molecule has 3 atom stereocenters. The Morgan fingerprint density at radius 1 is 1.29 bits per heavy atom. The molecule has 0 saturated heterocycles. The lowest BCUT2D eigenvalue weighted by Gasteiger charge is -2.52. The third-order valence-electron chi connectivity index (χ3n) is 4.50. The highest BCUT2D eigenvalue weighted by Gasteiger charge is 2.49. The van der Waals surface area contributed by atoms with Crippen molar-refractivity contribution in [3.8, 4) is 0 Å². The minimum absolute atomic E-state index is 0.0232. The molecule has 1 saturated carbocycles. The summed E-state index contributed by atoms with van der Waals surface area (Å²) in [6, 6.07) is 8.13. The lowest BCUT2D eigenvalue weighted by Crippen LogP contribution is -2.61. The van der Waals surface area contributed by atoms with Crippen molar-refractivity contribution in [2.45, 2.75) is 51.1 Å². The second-order valence-corrected chi connectivity index (χ2v) is 6.28. The molecule has 2 nitrogen and oxygen atoms in total. The summed E-state index contributed by atoms with van der Waals surface area (Å²) in [7, 11) is 1.65. The fourth-order valence-electron chi connectivity index (χ4n) is 3.00. The van der Waals surface area contributed by atoms with Crippen LogP contribution in [0.15, 0.2) is 30.3 Å². The lowest BCUT2D eigenvalue weighted by atomic mass is 9.64. The van der Waals surface area contributed by atoms with Gasteiger partial charge >= 0.3 is 6.18 Å². The Bertz CT molecular complexity index is 458. The molecule has 1 aliphatic carbocycles. The first-order valence-electron chi connectivity index (χ1n) is 7.14. The van der Waals surface area contributed by atoms with Gasteiger partial charge in [0.05, 0.1) is 12.5 Å². The largest absolute Gasteiger partial charge is 0.390 e. The standard InChI is InChI=1S/C16H22F3NO/c1-15(2)13(9-14(15)21-3)20-12(10-16(17,18)19)11-7-5-4-6-8-11/h4-8,12-14,20H,9-10H2,1-3H3. The fourth-order valence-corrected chi connectivity index (χ4v) is 3.00. The van der Waals surface area contributed by atoms with Crippen LogP contribution in [-0.2, 0) is 4.74 Å². The number of hydrogen-bond acceptors (Lipinski definition) is 2. The van der Waals surface area contributed by atoms with Crippen LogP contribution < -0.4 is 5.32 Å². The van der Waals surface area contributed by atoms with E-state index in [4.69, 9.17) is 4.74 Å². The first-order valence-corrected chi connectivity index (χ1v) is 7.14. The van der Waals surface area contributed by atoms with E-state index >= 15 is 0 Å². The highest BCUT2D eigenvalue weighted by molar-refractivity contribution is 5.20. The molecule has 118 valence electrons. The molecular weight excluding hydrogens is 279 g/mol. The molecule has 0 spiro atoms. The molecule has 0 aliphatic heterocycles. The highest BCUT2D eigenvalue weighted by Crippen LogP contribution is 2.44. The minimum atomic E-state index is -4.19. The van der Waals surface area contributed by atoms with Gasteiger partial charge in [0.2, 0.25) is 0 Å². The maximum Gasteiger partial charge on any atom is 0.390 e. The number of rotatable bonds is 5. The van der Waals surface area contributed by atoms with Crippen molar-refractivity contribution in [2.75, 3.05) is 7.11 Å². The zero-order chi connectivity index (χ0) is 15.7. The van der Waals surface area contributed by atoms with E-state index in [1.165, 1.54) is 0 Å². The van der Waals surface area contributed by atoms with Crippen LogP contribution >= 0.6 is 0 Å². The molecule has 0 aromatic heterocycles. The average molecular weight is 301 g/mol. The molecule has 1 aromatic rings. The van der Waals surface area contributed by atoms with Gasteiger partial charge in [0, 0.05) is 24.6 Å². The molecule has 1 aromatic carbocycles. The molecular formula is C16H22F3NO. The van der Waals surface area contributed by atoms with Crippen LogP contribution in [0.25, 0.3) is 0 Å². The van der Waals surface area contributed by atoms with E-state index in [1.807, 2.05) is 19.9 Å². The Labute approximate surface area is 123 Å². The summed E-state index contributed by atoms with van der Waals surface area (Å²) in [6.45, 7) is 4.05. The SMILES string of the molecule is COC1CC(NC(CC(F)(F)F)c2ccccc2)C1(C)C. The molecule has 1 N–H and O–H groups in total. The predicted octanol–water partition coefficient (Wildman–Crippen LogP) is 4.08. The van der Waals surface area contributed by atoms with E-state index in [2.05, 4.69) is 5.32 Å². The minimum Gasteiger partial charge on any atom is -0.381 e. The van der Waals surface area contributed by atoms with Crippen LogP contribution in [0.1, 0.15) is 38.3 Å². The van der Waals surface area contributed by atoms with E-state index in [1.54, 1.807) is 31.4 Å². The molecule has 1 fully saturated rings. The lowest BCUT2D eigenvalue weighted by molar-refractivity contribution is -0.147.